The first-order chi connectivity index (χ1) is 15.0. The molecule has 2 aromatic carbocycles. The summed E-state index contributed by atoms with van der Waals surface area (Å²) in [4.78, 5) is 24.7. The SMILES string of the molecule is CCn1c(SCCC(=O)Nc2ccccc2)nnc1[C@H](C)NC(=O)c1ccccc1Br. The third-order valence-electron chi connectivity index (χ3n) is 4.53. The minimum atomic E-state index is -0.317. The van der Waals surface area contributed by atoms with Gasteiger partial charge in [0.1, 0.15) is 0 Å². The van der Waals surface area contributed by atoms with Gasteiger partial charge in [0.25, 0.3) is 5.91 Å². The summed E-state index contributed by atoms with van der Waals surface area (Å²) < 4.78 is 2.70. The summed E-state index contributed by atoms with van der Waals surface area (Å²) in [5.41, 5.74) is 1.35. The summed E-state index contributed by atoms with van der Waals surface area (Å²) in [5, 5.41) is 15.1. The molecule has 7 nitrogen and oxygen atoms in total. The number of hydrogen-bond donors (Lipinski definition) is 2. The van der Waals surface area contributed by atoms with E-state index >= 15 is 0 Å². The molecule has 162 valence electrons. The number of benzene rings is 2. The highest BCUT2D eigenvalue weighted by atomic mass is 79.9. The highest BCUT2D eigenvalue weighted by Gasteiger charge is 2.20. The van der Waals surface area contributed by atoms with Crippen molar-refractivity contribution in [2.45, 2.75) is 38.0 Å². The molecule has 2 N–H and O–H groups in total. The van der Waals surface area contributed by atoms with Gasteiger partial charge in [0.15, 0.2) is 11.0 Å². The van der Waals surface area contributed by atoms with E-state index in [1.807, 2.05) is 66.9 Å². The first-order valence-corrected chi connectivity index (χ1v) is 11.7. The smallest absolute Gasteiger partial charge is 0.253 e. The Labute approximate surface area is 194 Å². The lowest BCUT2D eigenvalue weighted by molar-refractivity contribution is -0.115. The van der Waals surface area contributed by atoms with Gasteiger partial charge in [-0.05, 0) is 54.0 Å². The molecule has 0 aliphatic heterocycles. The van der Waals surface area contributed by atoms with Crippen molar-refractivity contribution >= 4 is 45.2 Å². The van der Waals surface area contributed by atoms with Crippen LogP contribution in [0.4, 0.5) is 5.69 Å². The van der Waals surface area contributed by atoms with Gasteiger partial charge in [-0.1, -0.05) is 42.1 Å². The number of carbonyl (C=O) groups excluding carboxylic acids is 2. The van der Waals surface area contributed by atoms with Crippen molar-refractivity contribution in [3.05, 3.63) is 70.5 Å². The number of para-hydroxylation sites is 1. The number of carbonyl (C=O) groups is 2. The van der Waals surface area contributed by atoms with E-state index in [0.29, 0.717) is 30.1 Å². The van der Waals surface area contributed by atoms with Gasteiger partial charge in [-0.15, -0.1) is 10.2 Å². The molecule has 0 aliphatic carbocycles. The van der Waals surface area contributed by atoms with Gasteiger partial charge in [-0.25, -0.2) is 0 Å². The third kappa shape index (κ3) is 6.18. The Morgan fingerprint density at radius 2 is 1.81 bits per heavy atom. The van der Waals surface area contributed by atoms with Crippen LogP contribution in [0.25, 0.3) is 0 Å². The predicted molar refractivity (Wildman–Crippen MR) is 126 cm³/mol. The summed E-state index contributed by atoms with van der Waals surface area (Å²) in [5.74, 6) is 1.03. The van der Waals surface area contributed by atoms with E-state index < -0.39 is 0 Å². The van der Waals surface area contributed by atoms with Crippen LogP contribution >= 0.6 is 27.7 Å². The highest BCUT2D eigenvalue weighted by molar-refractivity contribution is 9.10. The van der Waals surface area contributed by atoms with Crippen LogP contribution in [-0.4, -0.2) is 32.3 Å². The van der Waals surface area contributed by atoms with E-state index in [9.17, 15) is 9.59 Å². The maximum absolute atomic E-state index is 12.6. The molecule has 0 fully saturated rings. The number of rotatable bonds is 9. The van der Waals surface area contributed by atoms with Crippen LogP contribution in [0.5, 0.6) is 0 Å². The molecule has 0 spiro atoms. The van der Waals surface area contributed by atoms with Crippen molar-refractivity contribution in [2.24, 2.45) is 0 Å². The Hall–Kier alpha value is -2.65. The van der Waals surface area contributed by atoms with Gasteiger partial charge in [-0.2, -0.15) is 0 Å². The minimum Gasteiger partial charge on any atom is -0.342 e. The van der Waals surface area contributed by atoms with Crippen molar-refractivity contribution in [2.75, 3.05) is 11.1 Å². The van der Waals surface area contributed by atoms with Crippen molar-refractivity contribution in [3.8, 4) is 0 Å². The van der Waals surface area contributed by atoms with Crippen molar-refractivity contribution in [3.63, 3.8) is 0 Å². The van der Waals surface area contributed by atoms with E-state index in [0.717, 1.165) is 15.3 Å². The normalized spacial score (nSPS) is 11.7. The van der Waals surface area contributed by atoms with E-state index in [1.165, 1.54) is 11.8 Å². The number of aromatic nitrogens is 3. The Morgan fingerprint density at radius 1 is 1.10 bits per heavy atom. The average molecular weight is 502 g/mol. The Bertz CT molecular complexity index is 1040. The highest BCUT2D eigenvalue weighted by Crippen LogP contribution is 2.22. The summed E-state index contributed by atoms with van der Waals surface area (Å²) in [7, 11) is 0. The second-order valence-corrected chi connectivity index (χ2v) is 8.69. The van der Waals surface area contributed by atoms with Crippen LogP contribution < -0.4 is 10.6 Å². The third-order valence-corrected chi connectivity index (χ3v) is 6.19. The van der Waals surface area contributed by atoms with Crippen LogP contribution in [0.3, 0.4) is 0 Å². The van der Waals surface area contributed by atoms with E-state index in [4.69, 9.17) is 0 Å². The van der Waals surface area contributed by atoms with E-state index in [-0.39, 0.29) is 17.9 Å². The fourth-order valence-electron chi connectivity index (χ4n) is 2.99. The van der Waals surface area contributed by atoms with Crippen LogP contribution in [0.2, 0.25) is 0 Å². The number of halogens is 1. The predicted octanol–water partition coefficient (Wildman–Crippen LogP) is 4.67. The molecule has 0 unspecified atom stereocenters. The lowest BCUT2D eigenvalue weighted by Gasteiger charge is -2.15. The lowest BCUT2D eigenvalue weighted by atomic mass is 10.2. The fraction of sp³-hybridized carbons (Fsp3) is 0.273. The number of hydrogen-bond acceptors (Lipinski definition) is 5. The number of thioether (sulfide) groups is 1. The average Bonchev–Trinajstić information content (AvgIpc) is 3.17. The zero-order valence-electron chi connectivity index (χ0n) is 17.3. The first kappa shape index (κ1) is 23.0. The monoisotopic (exact) mass is 501 g/mol. The Balaban J connectivity index is 1.57. The molecule has 0 saturated carbocycles. The summed E-state index contributed by atoms with van der Waals surface area (Å²) in [6, 6.07) is 16.3. The summed E-state index contributed by atoms with van der Waals surface area (Å²) in [6.07, 6.45) is 0.361. The molecule has 0 aliphatic rings. The summed E-state index contributed by atoms with van der Waals surface area (Å²) >= 11 is 4.88. The van der Waals surface area contributed by atoms with Crippen LogP contribution in [-0.2, 0) is 11.3 Å². The molecule has 3 rings (SSSR count). The number of amides is 2. The zero-order chi connectivity index (χ0) is 22.2. The van der Waals surface area contributed by atoms with Crippen molar-refractivity contribution in [1.29, 1.82) is 0 Å². The van der Waals surface area contributed by atoms with Crippen molar-refractivity contribution < 1.29 is 9.59 Å². The minimum absolute atomic E-state index is 0.0458. The molecule has 3 aromatic rings. The topological polar surface area (TPSA) is 88.9 Å². The van der Waals surface area contributed by atoms with Crippen LogP contribution in [0.15, 0.2) is 64.2 Å². The van der Waals surface area contributed by atoms with Gasteiger partial charge in [-0.3, -0.25) is 9.59 Å². The first-order valence-electron chi connectivity index (χ1n) is 9.95. The van der Waals surface area contributed by atoms with Gasteiger partial charge >= 0.3 is 0 Å². The van der Waals surface area contributed by atoms with Crippen LogP contribution in [0, 0.1) is 0 Å². The molecule has 1 atom stereocenters. The van der Waals surface area contributed by atoms with E-state index in [1.54, 1.807) is 6.07 Å². The Morgan fingerprint density at radius 3 is 2.52 bits per heavy atom. The second-order valence-electron chi connectivity index (χ2n) is 6.77. The largest absolute Gasteiger partial charge is 0.342 e. The molecule has 1 heterocycles. The zero-order valence-corrected chi connectivity index (χ0v) is 19.7. The number of nitrogens with zero attached hydrogens (tertiary/aromatic N) is 3. The molecule has 0 radical (unpaired) electrons. The van der Waals surface area contributed by atoms with Gasteiger partial charge < -0.3 is 15.2 Å². The van der Waals surface area contributed by atoms with E-state index in [2.05, 4.69) is 36.8 Å². The number of anilines is 1. The molecule has 1 aromatic heterocycles. The molecule has 0 bridgehead atoms. The van der Waals surface area contributed by atoms with Gasteiger partial charge in [0.05, 0.1) is 11.6 Å². The maximum Gasteiger partial charge on any atom is 0.253 e. The Kier molecular flexibility index (Phi) is 8.25. The molecule has 2 amide bonds. The molecular weight excluding hydrogens is 478 g/mol. The van der Waals surface area contributed by atoms with Gasteiger partial charge in [0.2, 0.25) is 5.91 Å². The maximum atomic E-state index is 12.6. The number of nitrogens with one attached hydrogen (secondary N) is 2. The van der Waals surface area contributed by atoms with Crippen LogP contribution in [0.1, 0.15) is 42.5 Å². The summed E-state index contributed by atoms with van der Waals surface area (Å²) in [6.45, 7) is 4.55. The van der Waals surface area contributed by atoms with Gasteiger partial charge in [0, 0.05) is 28.9 Å². The molecule has 31 heavy (non-hydrogen) atoms. The second kappa shape index (κ2) is 11.1. The molecule has 0 saturated heterocycles. The lowest BCUT2D eigenvalue weighted by Crippen LogP contribution is -2.29. The quantitative estimate of drug-likeness (QED) is 0.415. The standard InChI is InChI=1S/C22H24BrN5O2S/c1-3-28-20(15(2)24-21(30)17-11-7-8-12-18(17)23)26-27-22(28)31-14-13-19(29)25-16-9-5-4-6-10-16/h4-12,15H,3,13-14H2,1-2H3,(H,24,30)(H,25,29)/t15-/m0/s1. The molecule has 9 heteroatoms. The molecular formula is C22H24BrN5O2S. The fourth-order valence-corrected chi connectivity index (χ4v) is 4.40. The van der Waals surface area contributed by atoms with Crippen molar-refractivity contribution in [1.82, 2.24) is 20.1 Å².